The minimum absolute atomic E-state index is 0.0515. The molecule has 0 amide bonds. The summed E-state index contributed by atoms with van der Waals surface area (Å²) in [5.74, 6) is 0.227. The Hall–Kier alpha value is -3.74. The van der Waals surface area contributed by atoms with Crippen LogP contribution < -0.4 is 0 Å². The van der Waals surface area contributed by atoms with Crippen LogP contribution >= 0.6 is 0 Å². The van der Waals surface area contributed by atoms with E-state index in [-0.39, 0.29) is 6.61 Å². The van der Waals surface area contributed by atoms with Gasteiger partial charge in [0.2, 0.25) is 0 Å². The Balaban J connectivity index is 1.35. The molecule has 7 nitrogen and oxygen atoms in total. The normalized spacial score (nSPS) is 10.7. The zero-order valence-corrected chi connectivity index (χ0v) is 14.4. The molecular formula is C20H16N4O3. The van der Waals surface area contributed by atoms with E-state index in [9.17, 15) is 4.79 Å². The maximum absolute atomic E-state index is 12.2. The molecule has 0 aliphatic carbocycles. The summed E-state index contributed by atoms with van der Waals surface area (Å²) in [5, 5.41) is 8.00. The number of carbonyl (C=O) groups is 1. The molecule has 4 rings (SSSR count). The Bertz CT molecular complexity index is 1010. The topological polar surface area (TPSA) is 83.0 Å². The molecule has 0 saturated carbocycles. The van der Waals surface area contributed by atoms with E-state index in [1.807, 2.05) is 42.5 Å². The Morgan fingerprint density at radius 1 is 1.07 bits per heavy atom. The lowest BCUT2D eigenvalue weighted by molar-refractivity contribution is 0.0464. The van der Waals surface area contributed by atoms with Gasteiger partial charge in [-0.1, -0.05) is 47.6 Å². The maximum atomic E-state index is 12.2. The number of benzene rings is 2. The Labute approximate surface area is 155 Å². The fraction of sp³-hybridized carbons (Fsp3) is 0.100. The van der Waals surface area contributed by atoms with Crippen molar-refractivity contribution in [1.82, 2.24) is 19.9 Å². The number of carbonyl (C=O) groups excluding carboxylic acids is 1. The monoisotopic (exact) mass is 360 g/mol. The quantitative estimate of drug-likeness (QED) is 0.491. The third-order valence-corrected chi connectivity index (χ3v) is 3.97. The number of aromatic nitrogens is 4. The molecular weight excluding hydrogens is 344 g/mol. The van der Waals surface area contributed by atoms with E-state index in [1.165, 1.54) is 6.33 Å². The molecule has 27 heavy (non-hydrogen) atoms. The van der Waals surface area contributed by atoms with E-state index in [0.717, 1.165) is 11.1 Å². The van der Waals surface area contributed by atoms with Gasteiger partial charge < -0.3 is 9.26 Å². The summed E-state index contributed by atoms with van der Waals surface area (Å²) in [4.78, 5) is 16.1. The summed E-state index contributed by atoms with van der Waals surface area (Å²) >= 11 is 0. The highest BCUT2D eigenvalue weighted by Crippen LogP contribution is 2.20. The highest BCUT2D eigenvalue weighted by Gasteiger charge is 2.11. The third kappa shape index (κ3) is 4.09. The molecule has 0 atom stereocenters. The average molecular weight is 360 g/mol. The van der Waals surface area contributed by atoms with Crippen LogP contribution in [0.25, 0.3) is 11.3 Å². The number of hydrogen-bond acceptors (Lipinski definition) is 6. The lowest BCUT2D eigenvalue weighted by atomic mass is 10.1. The van der Waals surface area contributed by atoms with Gasteiger partial charge in [-0.2, -0.15) is 5.10 Å². The number of hydrogen-bond donors (Lipinski definition) is 0. The van der Waals surface area contributed by atoms with Crippen LogP contribution in [0.1, 0.15) is 21.6 Å². The number of esters is 1. The zero-order chi connectivity index (χ0) is 18.5. The molecule has 0 spiro atoms. The second-order valence-corrected chi connectivity index (χ2v) is 5.91. The van der Waals surface area contributed by atoms with Crippen molar-refractivity contribution in [2.45, 2.75) is 13.2 Å². The average Bonchev–Trinajstić information content (AvgIpc) is 3.39. The van der Waals surface area contributed by atoms with E-state index in [2.05, 4.69) is 15.2 Å². The lowest BCUT2D eigenvalue weighted by Crippen LogP contribution is -2.06. The largest absolute Gasteiger partial charge is 0.455 e. The fourth-order valence-electron chi connectivity index (χ4n) is 2.59. The van der Waals surface area contributed by atoms with E-state index < -0.39 is 5.97 Å². The first kappa shape index (κ1) is 16.7. The Kier molecular flexibility index (Phi) is 4.74. The van der Waals surface area contributed by atoms with Gasteiger partial charge in [0.05, 0.1) is 12.1 Å². The van der Waals surface area contributed by atoms with Gasteiger partial charge in [0.25, 0.3) is 0 Å². The number of nitrogens with zero attached hydrogens (tertiary/aromatic N) is 4. The first-order valence-electron chi connectivity index (χ1n) is 8.37. The summed E-state index contributed by atoms with van der Waals surface area (Å²) in [6, 6.07) is 18.6. The van der Waals surface area contributed by atoms with E-state index >= 15 is 0 Å². The molecule has 7 heteroatoms. The van der Waals surface area contributed by atoms with Gasteiger partial charge in [0.1, 0.15) is 25.0 Å². The summed E-state index contributed by atoms with van der Waals surface area (Å²) in [5.41, 5.74) is 2.97. The minimum atomic E-state index is -0.411. The first-order chi connectivity index (χ1) is 13.3. The molecule has 0 aliphatic heterocycles. The molecule has 0 bridgehead atoms. The van der Waals surface area contributed by atoms with Gasteiger partial charge in [-0.3, -0.25) is 0 Å². The van der Waals surface area contributed by atoms with Crippen molar-refractivity contribution in [2.24, 2.45) is 0 Å². The van der Waals surface area contributed by atoms with E-state index in [1.54, 1.807) is 29.2 Å². The minimum Gasteiger partial charge on any atom is -0.455 e. The van der Waals surface area contributed by atoms with Gasteiger partial charge in [-0.15, -0.1) is 0 Å². The van der Waals surface area contributed by atoms with Gasteiger partial charge in [0.15, 0.2) is 5.76 Å². The van der Waals surface area contributed by atoms with Crippen molar-refractivity contribution in [3.63, 3.8) is 0 Å². The molecule has 0 fully saturated rings. The Morgan fingerprint density at radius 3 is 2.63 bits per heavy atom. The summed E-state index contributed by atoms with van der Waals surface area (Å²) in [6.07, 6.45) is 3.13. The van der Waals surface area contributed by atoms with Gasteiger partial charge in [-0.25, -0.2) is 14.5 Å². The smallest absolute Gasteiger partial charge is 0.338 e. The van der Waals surface area contributed by atoms with Crippen molar-refractivity contribution < 1.29 is 14.1 Å². The molecule has 0 N–H and O–H groups in total. The van der Waals surface area contributed by atoms with Crippen LogP contribution in [-0.2, 0) is 17.9 Å². The van der Waals surface area contributed by atoms with Crippen molar-refractivity contribution in [1.29, 1.82) is 0 Å². The molecule has 134 valence electrons. The number of rotatable bonds is 6. The SMILES string of the molecule is O=C(OCc1cc(-c2ccccc2)on1)c1ccc(Cn2cncn2)cc1. The van der Waals surface area contributed by atoms with Crippen molar-refractivity contribution >= 4 is 5.97 Å². The fourth-order valence-corrected chi connectivity index (χ4v) is 2.59. The highest BCUT2D eigenvalue weighted by atomic mass is 16.5. The van der Waals surface area contributed by atoms with Crippen molar-refractivity contribution in [3.05, 3.63) is 90.1 Å². The second-order valence-electron chi connectivity index (χ2n) is 5.91. The summed E-state index contributed by atoms with van der Waals surface area (Å²) < 4.78 is 12.3. The Morgan fingerprint density at radius 2 is 1.89 bits per heavy atom. The third-order valence-electron chi connectivity index (χ3n) is 3.97. The predicted octanol–water partition coefficient (Wildman–Crippen LogP) is 3.34. The second kappa shape index (κ2) is 7.65. The predicted molar refractivity (Wildman–Crippen MR) is 96.6 cm³/mol. The summed E-state index contributed by atoms with van der Waals surface area (Å²) in [7, 11) is 0. The van der Waals surface area contributed by atoms with Crippen LogP contribution in [0.2, 0.25) is 0 Å². The molecule has 4 aromatic rings. The molecule has 0 radical (unpaired) electrons. The zero-order valence-electron chi connectivity index (χ0n) is 14.4. The van der Waals surface area contributed by atoms with E-state index in [4.69, 9.17) is 9.26 Å². The summed E-state index contributed by atoms with van der Waals surface area (Å²) in [6.45, 7) is 0.645. The van der Waals surface area contributed by atoms with Crippen LogP contribution in [0.3, 0.4) is 0 Å². The van der Waals surface area contributed by atoms with Gasteiger partial charge in [-0.05, 0) is 17.7 Å². The molecule has 2 heterocycles. The molecule has 2 aromatic heterocycles. The lowest BCUT2D eigenvalue weighted by Gasteiger charge is -2.04. The van der Waals surface area contributed by atoms with Crippen LogP contribution in [0.5, 0.6) is 0 Å². The standard InChI is InChI=1S/C20H16N4O3/c25-20(17-8-6-15(7-9-17)11-24-14-21-13-22-24)26-12-18-10-19(27-23-18)16-4-2-1-3-5-16/h1-10,13-14H,11-12H2. The number of ether oxygens (including phenoxy) is 1. The highest BCUT2D eigenvalue weighted by molar-refractivity contribution is 5.89. The van der Waals surface area contributed by atoms with Crippen LogP contribution in [0.15, 0.2) is 77.8 Å². The van der Waals surface area contributed by atoms with Crippen molar-refractivity contribution in [3.8, 4) is 11.3 Å². The molecule has 0 unspecified atom stereocenters. The van der Waals surface area contributed by atoms with Crippen LogP contribution in [0.4, 0.5) is 0 Å². The molecule has 0 saturated heterocycles. The van der Waals surface area contributed by atoms with Crippen molar-refractivity contribution in [2.75, 3.05) is 0 Å². The first-order valence-corrected chi connectivity index (χ1v) is 8.37. The maximum Gasteiger partial charge on any atom is 0.338 e. The van der Waals surface area contributed by atoms with Gasteiger partial charge >= 0.3 is 5.97 Å². The van der Waals surface area contributed by atoms with Crippen LogP contribution in [0, 0.1) is 0 Å². The van der Waals surface area contributed by atoms with E-state index in [0.29, 0.717) is 23.6 Å². The van der Waals surface area contributed by atoms with Gasteiger partial charge in [0, 0.05) is 11.6 Å². The molecule has 2 aromatic carbocycles. The molecule has 0 aliphatic rings. The van der Waals surface area contributed by atoms with Crippen LogP contribution in [-0.4, -0.2) is 25.9 Å².